The van der Waals surface area contributed by atoms with E-state index in [0.29, 0.717) is 25.7 Å². The zero-order chi connectivity index (χ0) is 45.5. The van der Waals surface area contributed by atoms with E-state index < -0.39 is 22.8 Å². The van der Waals surface area contributed by atoms with E-state index in [1.54, 1.807) is 13.8 Å². The Hall–Kier alpha value is -3.22. The van der Waals surface area contributed by atoms with Crippen LogP contribution in [-0.2, 0) is 57.2 Å². The standard InChI is InChI=1S/C48H87NO12/c1-7-11-15-19-23-27-41(50)56-35-47(5,36-57-42(51)28-24-20-16-12-8-2)39-60-45(54)31-33-49-34-32-46(55)61-40-48(6,37-58-43(52)29-25-21-17-13-9-3)38-59-44(53)30-26-22-18-14-10-4/h49H,7-40H2,1-6H3. The van der Waals surface area contributed by atoms with Gasteiger partial charge in [-0.25, -0.2) is 0 Å². The predicted octanol–water partition coefficient (Wildman–Crippen LogP) is 10.1. The van der Waals surface area contributed by atoms with Crippen LogP contribution < -0.4 is 5.32 Å². The molecule has 0 aromatic rings. The lowest BCUT2D eigenvalue weighted by Gasteiger charge is -2.28. The van der Waals surface area contributed by atoms with Gasteiger partial charge in [0, 0.05) is 38.8 Å². The smallest absolute Gasteiger partial charge is 0.307 e. The molecule has 0 unspecified atom stereocenters. The summed E-state index contributed by atoms with van der Waals surface area (Å²) in [4.78, 5) is 75.3. The largest absolute Gasteiger partial charge is 0.465 e. The lowest BCUT2D eigenvalue weighted by molar-refractivity contribution is -0.163. The van der Waals surface area contributed by atoms with Crippen LogP contribution >= 0.6 is 0 Å². The van der Waals surface area contributed by atoms with Crippen molar-refractivity contribution in [1.29, 1.82) is 0 Å². The molecule has 0 spiro atoms. The molecule has 1 N–H and O–H groups in total. The van der Waals surface area contributed by atoms with Gasteiger partial charge in [0.1, 0.15) is 39.6 Å². The SMILES string of the molecule is CCCCCCCC(=O)OCC(C)(COC(=O)CCCCCCC)COC(=O)CCNCCC(=O)OCC(C)(COC(=O)CCCCCCC)COC(=O)CCCCCCC. The molecule has 0 atom stereocenters. The van der Waals surface area contributed by atoms with Crippen molar-refractivity contribution in [3.8, 4) is 0 Å². The van der Waals surface area contributed by atoms with Gasteiger partial charge in [0.15, 0.2) is 0 Å². The van der Waals surface area contributed by atoms with Crippen LogP contribution in [0, 0.1) is 10.8 Å². The maximum Gasteiger partial charge on any atom is 0.307 e. The van der Waals surface area contributed by atoms with Gasteiger partial charge < -0.3 is 33.7 Å². The number of rotatable bonds is 42. The lowest BCUT2D eigenvalue weighted by atomic mass is 9.94. The molecule has 0 bridgehead atoms. The van der Waals surface area contributed by atoms with E-state index in [4.69, 9.17) is 28.4 Å². The lowest BCUT2D eigenvalue weighted by Crippen LogP contribution is -2.37. The summed E-state index contributed by atoms with van der Waals surface area (Å²) in [5.41, 5.74) is -1.84. The minimum absolute atomic E-state index is 0.0201. The van der Waals surface area contributed by atoms with Gasteiger partial charge in [-0.05, 0) is 39.5 Å². The van der Waals surface area contributed by atoms with Gasteiger partial charge in [0.05, 0.1) is 23.7 Å². The molecular formula is C48H87NO12. The highest BCUT2D eigenvalue weighted by Crippen LogP contribution is 2.22. The van der Waals surface area contributed by atoms with Crippen LogP contribution in [0.15, 0.2) is 0 Å². The molecule has 61 heavy (non-hydrogen) atoms. The minimum atomic E-state index is -0.920. The highest BCUT2D eigenvalue weighted by Gasteiger charge is 2.32. The fraction of sp³-hybridized carbons (Fsp3) is 0.875. The molecule has 0 aliphatic carbocycles. The molecular weight excluding hydrogens is 783 g/mol. The van der Waals surface area contributed by atoms with Crippen molar-refractivity contribution in [3.05, 3.63) is 0 Å². The first kappa shape index (κ1) is 57.8. The van der Waals surface area contributed by atoms with Gasteiger partial charge in [-0.2, -0.15) is 0 Å². The maximum atomic E-state index is 12.7. The minimum Gasteiger partial charge on any atom is -0.465 e. The zero-order valence-electron chi connectivity index (χ0n) is 39.4. The molecule has 0 aliphatic heterocycles. The van der Waals surface area contributed by atoms with Gasteiger partial charge in [-0.1, -0.05) is 130 Å². The third-order valence-electron chi connectivity index (χ3n) is 10.4. The molecule has 0 heterocycles. The normalized spacial score (nSPS) is 11.5. The molecule has 0 saturated heterocycles. The Morgan fingerprint density at radius 2 is 0.508 bits per heavy atom. The Labute approximate surface area is 369 Å². The summed E-state index contributed by atoms with van der Waals surface area (Å²) in [6.45, 7) is 12.1. The van der Waals surface area contributed by atoms with Crippen molar-refractivity contribution >= 4 is 35.8 Å². The number of unbranched alkanes of at least 4 members (excludes halogenated alkanes) is 16. The van der Waals surface area contributed by atoms with E-state index in [2.05, 4.69) is 33.0 Å². The molecule has 0 rings (SSSR count). The van der Waals surface area contributed by atoms with Crippen molar-refractivity contribution in [1.82, 2.24) is 5.32 Å². The third kappa shape index (κ3) is 36.0. The van der Waals surface area contributed by atoms with Crippen LogP contribution in [0.25, 0.3) is 0 Å². The number of esters is 6. The van der Waals surface area contributed by atoms with E-state index >= 15 is 0 Å². The van der Waals surface area contributed by atoms with Crippen LogP contribution in [0.5, 0.6) is 0 Å². The van der Waals surface area contributed by atoms with Crippen LogP contribution in [-0.4, -0.2) is 88.5 Å². The number of hydrogen-bond donors (Lipinski definition) is 1. The van der Waals surface area contributed by atoms with E-state index in [9.17, 15) is 28.8 Å². The molecule has 0 amide bonds. The van der Waals surface area contributed by atoms with Gasteiger partial charge in [0.25, 0.3) is 0 Å². The molecule has 13 nitrogen and oxygen atoms in total. The first-order chi connectivity index (χ1) is 29.3. The number of carbonyl (C=O) groups excluding carboxylic acids is 6. The molecule has 356 valence electrons. The Morgan fingerprint density at radius 3 is 0.721 bits per heavy atom. The summed E-state index contributed by atoms with van der Waals surface area (Å²) in [7, 11) is 0. The molecule has 0 radical (unpaired) electrons. The van der Waals surface area contributed by atoms with Crippen molar-refractivity contribution in [2.75, 3.05) is 52.7 Å². The molecule has 0 aromatic heterocycles. The van der Waals surface area contributed by atoms with Crippen LogP contribution in [0.3, 0.4) is 0 Å². The van der Waals surface area contributed by atoms with Gasteiger partial charge in [-0.15, -0.1) is 0 Å². The van der Waals surface area contributed by atoms with E-state index in [1.165, 1.54) is 0 Å². The Balaban J connectivity index is 4.95. The zero-order valence-corrected chi connectivity index (χ0v) is 39.4. The monoisotopic (exact) mass is 870 g/mol. The first-order valence-corrected chi connectivity index (χ1v) is 24.0. The second kappa shape index (κ2) is 38.5. The summed E-state index contributed by atoms with van der Waals surface area (Å²) in [6, 6.07) is 0. The fourth-order valence-corrected chi connectivity index (χ4v) is 6.21. The number of ether oxygens (including phenoxy) is 6. The Bertz CT molecular complexity index is 1030. The Morgan fingerprint density at radius 1 is 0.311 bits per heavy atom. The summed E-state index contributed by atoms with van der Waals surface area (Å²) in [5, 5.41) is 3.05. The third-order valence-corrected chi connectivity index (χ3v) is 10.4. The van der Waals surface area contributed by atoms with Crippen molar-refractivity contribution < 1.29 is 57.2 Å². The second-order valence-electron chi connectivity index (χ2n) is 17.5. The summed E-state index contributed by atoms with van der Waals surface area (Å²) >= 11 is 0. The maximum absolute atomic E-state index is 12.7. The Kier molecular flexibility index (Phi) is 36.4. The van der Waals surface area contributed by atoms with Gasteiger partial charge in [0.2, 0.25) is 0 Å². The highest BCUT2D eigenvalue weighted by atomic mass is 16.6. The van der Waals surface area contributed by atoms with E-state index in [0.717, 1.165) is 128 Å². The van der Waals surface area contributed by atoms with E-state index in [-0.39, 0.29) is 89.4 Å². The first-order valence-electron chi connectivity index (χ1n) is 24.0. The summed E-state index contributed by atoms with van der Waals surface area (Å²) in [6.07, 6.45) is 21.3. The van der Waals surface area contributed by atoms with Crippen molar-refractivity contribution in [3.63, 3.8) is 0 Å². The molecule has 0 saturated carbocycles. The molecule has 13 heteroatoms. The number of nitrogens with one attached hydrogen (secondary N) is 1. The molecule has 0 fully saturated rings. The second-order valence-corrected chi connectivity index (χ2v) is 17.5. The molecule has 0 aliphatic rings. The van der Waals surface area contributed by atoms with Crippen LogP contribution in [0.1, 0.15) is 208 Å². The number of hydrogen-bond acceptors (Lipinski definition) is 13. The van der Waals surface area contributed by atoms with Crippen LogP contribution in [0.4, 0.5) is 0 Å². The van der Waals surface area contributed by atoms with Crippen molar-refractivity contribution in [2.24, 2.45) is 10.8 Å². The fourth-order valence-electron chi connectivity index (χ4n) is 6.21. The quantitative estimate of drug-likeness (QED) is 0.0350. The number of carbonyl (C=O) groups is 6. The van der Waals surface area contributed by atoms with E-state index in [1.807, 2.05) is 0 Å². The topological polar surface area (TPSA) is 170 Å². The van der Waals surface area contributed by atoms with Crippen molar-refractivity contribution in [2.45, 2.75) is 208 Å². The van der Waals surface area contributed by atoms with Gasteiger partial charge in [-0.3, -0.25) is 28.8 Å². The van der Waals surface area contributed by atoms with Crippen LogP contribution in [0.2, 0.25) is 0 Å². The average molecular weight is 870 g/mol. The highest BCUT2D eigenvalue weighted by molar-refractivity contribution is 5.71. The van der Waals surface area contributed by atoms with Gasteiger partial charge >= 0.3 is 35.8 Å². The predicted molar refractivity (Wildman–Crippen MR) is 238 cm³/mol. The molecule has 0 aromatic carbocycles. The summed E-state index contributed by atoms with van der Waals surface area (Å²) < 4.78 is 33.3. The average Bonchev–Trinajstić information content (AvgIpc) is 3.24. The summed E-state index contributed by atoms with van der Waals surface area (Å²) in [5.74, 6) is -2.31.